The Kier molecular flexibility index (Phi) is 4.92. The van der Waals surface area contributed by atoms with E-state index in [0.717, 1.165) is 43.0 Å². The molecule has 0 aliphatic carbocycles. The number of aromatic amines is 1. The molecule has 8 nitrogen and oxygen atoms in total. The van der Waals surface area contributed by atoms with Crippen LogP contribution in [0, 0.1) is 13.8 Å². The predicted octanol–water partition coefficient (Wildman–Crippen LogP) is 1.77. The quantitative estimate of drug-likeness (QED) is 0.660. The van der Waals surface area contributed by atoms with Gasteiger partial charge in [-0.15, -0.1) is 0 Å². The fourth-order valence-corrected chi connectivity index (χ4v) is 3.65. The van der Waals surface area contributed by atoms with Gasteiger partial charge in [-0.1, -0.05) is 11.6 Å². The largest absolute Gasteiger partial charge is 0.366 e. The number of aromatic nitrogens is 4. The number of nitrogens with one attached hydrogen (secondary N) is 2. The minimum Gasteiger partial charge on any atom is -0.366 e. The first-order chi connectivity index (χ1) is 13.9. The molecule has 0 aromatic carbocycles. The zero-order valence-corrected chi connectivity index (χ0v) is 16.8. The van der Waals surface area contributed by atoms with Crippen molar-refractivity contribution in [2.75, 3.05) is 25.0 Å². The minimum atomic E-state index is -0.176. The van der Waals surface area contributed by atoms with E-state index < -0.39 is 0 Å². The molecule has 0 unspecified atom stereocenters. The summed E-state index contributed by atoms with van der Waals surface area (Å²) in [6.45, 7) is 5.38. The normalized spacial score (nSPS) is 14.2. The molecule has 1 aliphatic heterocycles. The van der Waals surface area contributed by atoms with Crippen molar-refractivity contribution in [3.8, 4) is 0 Å². The Balaban J connectivity index is 1.47. The summed E-state index contributed by atoms with van der Waals surface area (Å²) >= 11 is 0. The van der Waals surface area contributed by atoms with Crippen LogP contribution in [0.3, 0.4) is 0 Å². The van der Waals surface area contributed by atoms with Gasteiger partial charge in [0.25, 0.3) is 11.5 Å². The summed E-state index contributed by atoms with van der Waals surface area (Å²) in [6.07, 6.45) is 5.68. The third-order valence-electron chi connectivity index (χ3n) is 5.27. The molecule has 0 atom stereocenters. The Morgan fingerprint density at radius 1 is 1.31 bits per heavy atom. The number of nitrogens with zero attached hydrogens (tertiary/aromatic N) is 4. The van der Waals surface area contributed by atoms with Gasteiger partial charge in [0.1, 0.15) is 11.3 Å². The number of amides is 1. The molecule has 2 N–H and O–H groups in total. The Bertz CT molecular complexity index is 1170. The SMILES string of the molecule is CNC(=O)c1ccc(N2CC=C(Cc3cc4[nH]c(=O)c(C)cn4n3)CC2)c(C)n1. The standard InChI is InChI=1S/C21H24N6O2/c1-13-12-27-19(24-20(13)28)11-16(25-27)10-15-6-8-26(9-7-15)18-5-4-17(21(29)22-3)23-14(18)2/h4-6,11-12H,7-10H2,1-3H3,(H,22,29)(H,24,28). The second-order valence-electron chi connectivity index (χ2n) is 7.35. The number of hydrogen-bond acceptors (Lipinski definition) is 5. The molecule has 0 radical (unpaired) electrons. The number of fused-ring (bicyclic) bond motifs is 1. The van der Waals surface area contributed by atoms with Gasteiger partial charge < -0.3 is 15.2 Å². The molecule has 0 fully saturated rings. The van der Waals surface area contributed by atoms with Crippen LogP contribution in [0.5, 0.6) is 0 Å². The first-order valence-electron chi connectivity index (χ1n) is 9.65. The van der Waals surface area contributed by atoms with Crippen LogP contribution in [-0.4, -0.2) is 45.6 Å². The maximum atomic E-state index is 11.8. The van der Waals surface area contributed by atoms with Crippen LogP contribution in [-0.2, 0) is 6.42 Å². The van der Waals surface area contributed by atoms with Crippen LogP contribution in [0.2, 0.25) is 0 Å². The molecule has 0 saturated heterocycles. The van der Waals surface area contributed by atoms with E-state index in [4.69, 9.17) is 0 Å². The number of anilines is 1. The number of pyridine rings is 1. The number of H-pyrrole nitrogens is 1. The Labute approximate surface area is 168 Å². The molecular weight excluding hydrogens is 368 g/mol. The molecule has 0 bridgehead atoms. The van der Waals surface area contributed by atoms with Crippen molar-refractivity contribution in [2.45, 2.75) is 26.7 Å². The summed E-state index contributed by atoms with van der Waals surface area (Å²) in [5, 5.41) is 7.18. The molecule has 1 aliphatic rings. The van der Waals surface area contributed by atoms with Crippen LogP contribution in [0.4, 0.5) is 5.69 Å². The Morgan fingerprint density at radius 3 is 2.83 bits per heavy atom. The van der Waals surface area contributed by atoms with Crippen molar-refractivity contribution >= 4 is 17.2 Å². The van der Waals surface area contributed by atoms with Gasteiger partial charge >= 0.3 is 0 Å². The molecule has 8 heteroatoms. The number of rotatable bonds is 4. The number of hydrogen-bond donors (Lipinski definition) is 2. The summed E-state index contributed by atoms with van der Waals surface area (Å²) in [6, 6.07) is 5.66. The Morgan fingerprint density at radius 2 is 2.14 bits per heavy atom. The van der Waals surface area contributed by atoms with Crippen molar-refractivity contribution in [1.82, 2.24) is 24.9 Å². The van der Waals surface area contributed by atoms with Gasteiger partial charge in [-0.05, 0) is 32.4 Å². The molecule has 0 spiro atoms. The summed E-state index contributed by atoms with van der Waals surface area (Å²) < 4.78 is 1.73. The van der Waals surface area contributed by atoms with Gasteiger partial charge in [-0.25, -0.2) is 9.50 Å². The van der Waals surface area contributed by atoms with E-state index in [0.29, 0.717) is 16.9 Å². The fraction of sp³-hybridized carbons (Fsp3) is 0.333. The van der Waals surface area contributed by atoms with Gasteiger partial charge in [-0.3, -0.25) is 9.59 Å². The third kappa shape index (κ3) is 3.78. The summed E-state index contributed by atoms with van der Waals surface area (Å²) in [5.41, 5.74) is 5.88. The van der Waals surface area contributed by atoms with Crippen LogP contribution >= 0.6 is 0 Å². The van der Waals surface area contributed by atoms with E-state index in [2.05, 4.69) is 31.4 Å². The zero-order valence-electron chi connectivity index (χ0n) is 16.8. The smallest absolute Gasteiger partial charge is 0.269 e. The number of aryl methyl sites for hydroxylation is 2. The summed E-state index contributed by atoms with van der Waals surface area (Å²) in [5.74, 6) is -0.176. The third-order valence-corrected chi connectivity index (χ3v) is 5.27. The Hall–Kier alpha value is -3.42. The lowest BCUT2D eigenvalue weighted by molar-refractivity contribution is 0.0958. The highest BCUT2D eigenvalue weighted by Gasteiger charge is 2.17. The topological polar surface area (TPSA) is 95.4 Å². The molecule has 3 aromatic rings. The van der Waals surface area contributed by atoms with E-state index in [1.54, 1.807) is 30.8 Å². The van der Waals surface area contributed by atoms with Gasteiger partial charge in [0.05, 0.1) is 17.1 Å². The van der Waals surface area contributed by atoms with Crippen LogP contribution in [0.15, 0.2) is 40.8 Å². The monoisotopic (exact) mass is 392 g/mol. The highest BCUT2D eigenvalue weighted by molar-refractivity contribution is 5.92. The highest BCUT2D eigenvalue weighted by Crippen LogP contribution is 2.24. The zero-order chi connectivity index (χ0) is 20.5. The maximum absolute atomic E-state index is 11.8. The lowest BCUT2D eigenvalue weighted by atomic mass is 10.0. The molecule has 0 saturated carbocycles. The first kappa shape index (κ1) is 18.9. The maximum Gasteiger partial charge on any atom is 0.269 e. The number of carbonyl (C=O) groups excluding carboxylic acids is 1. The van der Waals surface area contributed by atoms with Crippen molar-refractivity contribution in [1.29, 1.82) is 0 Å². The second-order valence-corrected chi connectivity index (χ2v) is 7.35. The van der Waals surface area contributed by atoms with Crippen LogP contribution in [0.1, 0.15) is 33.9 Å². The van der Waals surface area contributed by atoms with Crippen molar-refractivity contribution in [2.24, 2.45) is 0 Å². The summed E-state index contributed by atoms with van der Waals surface area (Å²) in [7, 11) is 1.60. The predicted molar refractivity (Wildman–Crippen MR) is 112 cm³/mol. The summed E-state index contributed by atoms with van der Waals surface area (Å²) in [4.78, 5) is 33.1. The second kappa shape index (κ2) is 7.54. The van der Waals surface area contributed by atoms with Crippen molar-refractivity contribution in [3.63, 3.8) is 0 Å². The molecule has 29 heavy (non-hydrogen) atoms. The lowest BCUT2D eigenvalue weighted by Crippen LogP contribution is -2.30. The average Bonchev–Trinajstić information content (AvgIpc) is 3.09. The van der Waals surface area contributed by atoms with E-state index in [1.807, 2.05) is 19.1 Å². The average molecular weight is 392 g/mol. The van der Waals surface area contributed by atoms with Crippen molar-refractivity contribution < 1.29 is 4.79 Å². The van der Waals surface area contributed by atoms with Crippen LogP contribution < -0.4 is 15.8 Å². The molecular formula is C21H24N6O2. The molecule has 4 rings (SSSR count). The van der Waals surface area contributed by atoms with E-state index in [9.17, 15) is 9.59 Å². The number of carbonyl (C=O) groups is 1. The van der Waals surface area contributed by atoms with E-state index in [-0.39, 0.29) is 11.5 Å². The molecule has 150 valence electrons. The van der Waals surface area contributed by atoms with Gasteiger partial charge in [0, 0.05) is 44.4 Å². The first-order valence-corrected chi connectivity index (χ1v) is 9.65. The highest BCUT2D eigenvalue weighted by atomic mass is 16.1. The van der Waals surface area contributed by atoms with Crippen molar-refractivity contribution in [3.05, 3.63) is 69.0 Å². The van der Waals surface area contributed by atoms with Gasteiger partial charge in [0.2, 0.25) is 0 Å². The van der Waals surface area contributed by atoms with E-state index in [1.165, 1.54) is 5.57 Å². The minimum absolute atomic E-state index is 0.0807. The molecule has 4 heterocycles. The van der Waals surface area contributed by atoms with Gasteiger partial charge in [-0.2, -0.15) is 5.10 Å². The lowest BCUT2D eigenvalue weighted by Gasteiger charge is -2.29. The van der Waals surface area contributed by atoms with E-state index >= 15 is 0 Å². The van der Waals surface area contributed by atoms with Gasteiger partial charge in [0.15, 0.2) is 0 Å². The molecule has 3 aromatic heterocycles. The van der Waals surface area contributed by atoms with Crippen LogP contribution in [0.25, 0.3) is 5.65 Å². The fourth-order valence-electron chi connectivity index (χ4n) is 3.65. The molecule has 1 amide bonds.